The average molecular weight is 319 g/mol. The zero-order chi connectivity index (χ0) is 16.8. The largest absolute Gasteiger partial charge is 0.379 e. The highest BCUT2D eigenvalue weighted by Crippen LogP contribution is 2.19. The summed E-state index contributed by atoms with van der Waals surface area (Å²) in [5, 5.41) is 3.13. The molecule has 0 saturated carbocycles. The Kier molecular flexibility index (Phi) is 6.57. The fourth-order valence-electron chi connectivity index (χ4n) is 2.90. The van der Waals surface area contributed by atoms with Crippen LogP contribution in [0.2, 0.25) is 0 Å². The van der Waals surface area contributed by atoms with Crippen molar-refractivity contribution in [1.29, 1.82) is 0 Å². The van der Waals surface area contributed by atoms with Gasteiger partial charge < -0.3 is 15.8 Å². The molecule has 5 nitrogen and oxygen atoms in total. The Morgan fingerprint density at radius 3 is 2.39 bits per heavy atom. The van der Waals surface area contributed by atoms with E-state index < -0.39 is 0 Å². The van der Waals surface area contributed by atoms with E-state index >= 15 is 0 Å². The molecule has 0 aromatic heterocycles. The van der Waals surface area contributed by atoms with Crippen molar-refractivity contribution in [2.75, 3.05) is 26.3 Å². The van der Waals surface area contributed by atoms with E-state index in [0.717, 1.165) is 31.9 Å². The number of nitrogens with one attached hydrogen (secondary N) is 1. The lowest BCUT2D eigenvalue weighted by Crippen LogP contribution is -2.53. The number of amides is 1. The Morgan fingerprint density at radius 2 is 1.78 bits per heavy atom. The standard InChI is InChI=1S/C18H29N3O2/c1-13(17(19)16-7-5-4-6-8-16)18(22)20-14(2)15(3)21-9-11-23-12-10-21/h4-8,13-15,17H,9-12,19H2,1-3H3,(H,20,22). The van der Waals surface area contributed by atoms with Crippen LogP contribution in [0.3, 0.4) is 0 Å². The third-order valence-corrected chi connectivity index (χ3v) is 4.85. The van der Waals surface area contributed by atoms with Crippen LogP contribution in [-0.2, 0) is 9.53 Å². The molecule has 0 spiro atoms. The Labute approximate surface area is 139 Å². The molecule has 1 amide bonds. The van der Waals surface area contributed by atoms with E-state index in [0.29, 0.717) is 0 Å². The molecule has 1 aliphatic rings. The first-order valence-electron chi connectivity index (χ1n) is 8.43. The van der Waals surface area contributed by atoms with E-state index in [9.17, 15) is 4.79 Å². The molecule has 0 radical (unpaired) electrons. The van der Waals surface area contributed by atoms with Crippen molar-refractivity contribution in [1.82, 2.24) is 10.2 Å². The molecule has 2 rings (SSSR count). The molecule has 128 valence electrons. The highest BCUT2D eigenvalue weighted by Gasteiger charge is 2.27. The van der Waals surface area contributed by atoms with Gasteiger partial charge in [-0.3, -0.25) is 9.69 Å². The Hall–Kier alpha value is -1.43. The molecule has 5 heteroatoms. The van der Waals surface area contributed by atoms with Gasteiger partial charge in [-0.15, -0.1) is 0 Å². The summed E-state index contributed by atoms with van der Waals surface area (Å²) >= 11 is 0. The molecule has 1 aromatic rings. The number of carbonyl (C=O) groups excluding carboxylic acids is 1. The van der Waals surface area contributed by atoms with Crippen LogP contribution >= 0.6 is 0 Å². The first kappa shape index (κ1) is 17.9. The number of nitrogens with two attached hydrogens (primary N) is 1. The number of hydrogen-bond donors (Lipinski definition) is 2. The van der Waals surface area contributed by atoms with Gasteiger partial charge in [0.2, 0.25) is 5.91 Å². The molecular formula is C18H29N3O2. The number of hydrogen-bond acceptors (Lipinski definition) is 4. The molecule has 1 saturated heterocycles. The fourth-order valence-corrected chi connectivity index (χ4v) is 2.90. The number of nitrogens with zero attached hydrogens (tertiary/aromatic N) is 1. The van der Waals surface area contributed by atoms with Crippen LogP contribution in [0, 0.1) is 5.92 Å². The lowest BCUT2D eigenvalue weighted by molar-refractivity contribution is -0.126. The SMILES string of the molecule is CC(NC(=O)C(C)C(N)c1ccccc1)C(C)N1CCOCC1. The summed E-state index contributed by atoms with van der Waals surface area (Å²) in [6, 6.07) is 9.85. The zero-order valence-electron chi connectivity index (χ0n) is 14.4. The van der Waals surface area contributed by atoms with Gasteiger partial charge in [0.05, 0.1) is 19.1 Å². The van der Waals surface area contributed by atoms with Crippen molar-refractivity contribution in [2.45, 2.75) is 38.9 Å². The summed E-state index contributed by atoms with van der Waals surface area (Å²) in [6.45, 7) is 9.46. The maximum Gasteiger partial charge on any atom is 0.225 e. The van der Waals surface area contributed by atoms with E-state index in [2.05, 4.69) is 24.1 Å². The maximum absolute atomic E-state index is 12.5. The van der Waals surface area contributed by atoms with Crippen LogP contribution in [-0.4, -0.2) is 49.2 Å². The second-order valence-electron chi connectivity index (χ2n) is 6.41. The van der Waals surface area contributed by atoms with Gasteiger partial charge in [0.1, 0.15) is 0 Å². The summed E-state index contributed by atoms with van der Waals surface area (Å²) in [6.07, 6.45) is 0. The highest BCUT2D eigenvalue weighted by molar-refractivity contribution is 5.79. The van der Waals surface area contributed by atoms with E-state index in [1.807, 2.05) is 37.3 Å². The summed E-state index contributed by atoms with van der Waals surface area (Å²) < 4.78 is 5.38. The molecule has 23 heavy (non-hydrogen) atoms. The monoisotopic (exact) mass is 319 g/mol. The van der Waals surface area contributed by atoms with Crippen LogP contribution in [0.5, 0.6) is 0 Å². The molecule has 3 N–H and O–H groups in total. The fraction of sp³-hybridized carbons (Fsp3) is 0.611. The summed E-state index contributed by atoms with van der Waals surface area (Å²) in [5.74, 6) is -0.259. The van der Waals surface area contributed by atoms with Gasteiger partial charge in [-0.1, -0.05) is 37.3 Å². The summed E-state index contributed by atoms with van der Waals surface area (Å²) in [4.78, 5) is 14.9. The average Bonchev–Trinajstić information content (AvgIpc) is 2.61. The zero-order valence-corrected chi connectivity index (χ0v) is 14.4. The molecule has 4 atom stereocenters. The topological polar surface area (TPSA) is 67.6 Å². The number of ether oxygens (including phenoxy) is 1. The highest BCUT2D eigenvalue weighted by atomic mass is 16.5. The third-order valence-electron chi connectivity index (χ3n) is 4.85. The van der Waals surface area contributed by atoms with E-state index in [-0.39, 0.29) is 30.0 Å². The molecule has 1 aliphatic heterocycles. The first-order chi connectivity index (χ1) is 11.0. The predicted octanol–water partition coefficient (Wildman–Crippen LogP) is 1.55. The minimum Gasteiger partial charge on any atom is -0.379 e. The van der Waals surface area contributed by atoms with Gasteiger partial charge in [0, 0.05) is 31.2 Å². The predicted molar refractivity (Wildman–Crippen MR) is 92.0 cm³/mol. The molecule has 1 heterocycles. The van der Waals surface area contributed by atoms with Gasteiger partial charge in [-0.05, 0) is 19.4 Å². The number of carbonyl (C=O) groups is 1. The van der Waals surface area contributed by atoms with Crippen LogP contribution in [0.1, 0.15) is 32.4 Å². The van der Waals surface area contributed by atoms with Gasteiger partial charge in [-0.25, -0.2) is 0 Å². The Morgan fingerprint density at radius 1 is 1.17 bits per heavy atom. The molecule has 0 aliphatic carbocycles. The molecule has 4 unspecified atom stereocenters. The van der Waals surface area contributed by atoms with Crippen LogP contribution in [0.4, 0.5) is 0 Å². The molecular weight excluding hydrogens is 290 g/mol. The van der Waals surface area contributed by atoms with E-state index in [1.165, 1.54) is 0 Å². The van der Waals surface area contributed by atoms with E-state index in [1.54, 1.807) is 0 Å². The number of morpholine rings is 1. The quantitative estimate of drug-likeness (QED) is 0.835. The van der Waals surface area contributed by atoms with Crippen molar-refractivity contribution in [2.24, 2.45) is 11.7 Å². The van der Waals surface area contributed by atoms with Crippen LogP contribution in [0.15, 0.2) is 30.3 Å². The lowest BCUT2D eigenvalue weighted by Gasteiger charge is -2.36. The first-order valence-corrected chi connectivity index (χ1v) is 8.43. The minimum atomic E-state index is -0.290. The summed E-state index contributed by atoms with van der Waals surface area (Å²) in [5.41, 5.74) is 7.24. The minimum absolute atomic E-state index is 0.00830. The van der Waals surface area contributed by atoms with Crippen LogP contribution < -0.4 is 11.1 Å². The third kappa shape index (κ3) is 4.77. The second kappa shape index (κ2) is 8.43. The lowest BCUT2D eigenvalue weighted by atomic mass is 9.94. The van der Waals surface area contributed by atoms with E-state index in [4.69, 9.17) is 10.5 Å². The number of benzene rings is 1. The van der Waals surface area contributed by atoms with Gasteiger partial charge >= 0.3 is 0 Å². The molecule has 1 aromatic carbocycles. The van der Waals surface area contributed by atoms with Gasteiger partial charge in [0.15, 0.2) is 0 Å². The summed E-state index contributed by atoms with van der Waals surface area (Å²) in [7, 11) is 0. The smallest absolute Gasteiger partial charge is 0.225 e. The molecule has 0 bridgehead atoms. The second-order valence-corrected chi connectivity index (χ2v) is 6.41. The van der Waals surface area contributed by atoms with Crippen LogP contribution in [0.25, 0.3) is 0 Å². The number of rotatable bonds is 6. The molecule has 1 fully saturated rings. The Bertz CT molecular complexity index is 488. The maximum atomic E-state index is 12.5. The van der Waals surface area contributed by atoms with Crippen molar-refractivity contribution >= 4 is 5.91 Å². The Balaban J connectivity index is 1.89. The van der Waals surface area contributed by atoms with Gasteiger partial charge in [-0.2, -0.15) is 0 Å². The van der Waals surface area contributed by atoms with Crippen molar-refractivity contribution < 1.29 is 9.53 Å². The van der Waals surface area contributed by atoms with Crippen molar-refractivity contribution in [3.05, 3.63) is 35.9 Å². The van der Waals surface area contributed by atoms with Crippen molar-refractivity contribution in [3.63, 3.8) is 0 Å². The normalized spacial score (nSPS) is 21.2. The van der Waals surface area contributed by atoms with Gasteiger partial charge in [0.25, 0.3) is 0 Å². The van der Waals surface area contributed by atoms with Crippen molar-refractivity contribution in [3.8, 4) is 0 Å².